The number of rotatable bonds is 2. The molecule has 0 aliphatic carbocycles. The van der Waals surface area contributed by atoms with Gasteiger partial charge in [0.25, 0.3) is 5.91 Å². The van der Waals surface area contributed by atoms with Crippen LogP contribution in [0.2, 0.25) is 0 Å². The summed E-state index contributed by atoms with van der Waals surface area (Å²) in [5.74, 6) is 0.673. The van der Waals surface area contributed by atoms with Crippen LogP contribution in [-0.2, 0) is 0 Å². The molecule has 0 saturated carbocycles. The summed E-state index contributed by atoms with van der Waals surface area (Å²) in [5, 5.41) is 0. The third kappa shape index (κ3) is 2.82. The Labute approximate surface area is 102 Å². The molecule has 0 radical (unpaired) electrons. The molecule has 2 N–H and O–H groups in total. The second-order valence-corrected chi connectivity index (χ2v) is 4.72. The van der Waals surface area contributed by atoms with Crippen molar-refractivity contribution in [3.8, 4) is 0 Å². The van der Waals surface area contributed by atoms with Crippen LogP contribution >= 0.6 is 0 Å². The molecule has 0 spiro atoms. The number of nitrogens with zero attached hydrogens (tertiary/aromatic N) is 2. The Morgan fingerprint density at radius 1 is 1.47 bits per heavy atom. The van der Waals surface area contributed by atoms with E-state index in [0.29, 0.717) is 11.5 Å². The maximum atomic E-state index is 12.2. The number of hydrogen-bond donors (Lipinski definition) is 1. The van der Waals surface area contributed by atoms with Gasteiger partial charge in [0.1, 0.15) is 0 Å². The average Bonchev–Trinajstić information content (AvgIpc) is 2.38. The summed E-state index contributed by atoms with van der Waals surface area (Å²) >= 11 is 0. The number of aryl methyl sites for hydroxylation is 1. The van der Waals surface area contributed by atoms with E-state index in [0.717, 1.165) is 38.0 Å². The van der Waals surface area contributed by atoms with Crippen molar-refractivity contribution in [3.05, 3.63) is 29.6 Å². The number of carbonyl (C=O) groups excluding carboxylic acids is 1. The average molecular weight is 233 g/mol. The van der Waals surface area contributed by atoms with Gasteiger partial charge in [-0.25, -0.2) is 0 Å². The predicted octanol–water partition coefficient (Wildman–Crippen LogP) is 1.20. The number of piperidine rings is 1. The minimum Gasteiger partial charge on any atom is -0.339 e. The Bertz CT molecular complexity index is 397. The van der Waals surface area contributed by atoms with Gasteiger partial charge in [0.15, 0.2) is 0 Å². The normalized spacial score (nSPS) is 17.2. The molecule has 1 saturated heterocycles. The molecule has 92 valence electrons. The van der Waals surface area contributed by atoms with Crippen LogP contribution in [0.5, 0.6) is 0 Å². The number of nitrogens with two attached hydrogens (primary N) is 1. The minimum absolute atomic E-state index is 0.0941. The van der Waals surface area contributed by atoms with Gasteiger partial charge in [-0.1, -0.05) is 0 Å². The second-order valence-electron chi connectivity index (χ2n) is 4.72. The van der Waals surface area contributed by atoms with Crippen molar-refractivity contribution in [1.82, 2.24) is 9.88 Å². The molecule has 17 heavy (non-hydrogen) atoms. The van der Waals surface area contributed by atoms with Crippen LogP contribution in [0.1, 0.15) is 28.8 Å². The molecule has 0 bridgehead atoms. The van der Waals surface area contributed by atoms with E-state index in [-0.39, 0.29) is 5.91 Å². The SMILES string of the molecule is Cc1cncc(C(=O)N2CCC(CN)CC2)c1. The van der Waals surface area contributed by atoms with Crippen molar-refractivity contribution in [3.63, 3.8) is 0 Å². The Balaban J connectivity index is 2.02. The van der Waals surface area contributed by atoms with Gasteiger partial charge in [-0.2, -0.15) is 0 Å². The van der Waals surface area contributed by atoms with Crippen molar-refractivity contribution < 1.29 is 4.79 Å². The third-order valence-corrected chi connectivity index (χ3v) is 3.36. The minimum atomic E-state index is 0.0941. The molecule has 0 atom stereocenters. The highest BCUT2D eigenvalue weighted by molar-refractivity contribution is 5.94. The molecule has 1 aromatic rings. The van der Waals surface area contributed by atoms with Crippen LogP contribution in [0.25, 0.3) is 0 Å². The van der Waals surface area contributed by atoms with Gasteiger partial charge < -0.3 is 10.6 Å². The largest absolute Gasteiger partial charge is 0.339 e. The molecule has 2 rings (SSSR count). The van der Waals surface area contributed by atoms with Crippen molar-refractivity contribution in [2.75, 3.05) is 19.6 Å². The summed E-state index contributed by atoms with van der Waals surface area (Å²) in [6.45, 7) is 4.31. The first kappa shape index (κ1) is 12.0. The number of hydrogen-bond acceptors (Lipinski definition) is 3. The summed E-state index contributed by atoms with van der Waals surface area (Å²) < 4.78 is 0. The second kappa shape index (κ2) is 5.27. The van der Waals surface area contributed by atoms with E-state index >= 15 is 0 Å². The summed E-state index contributed by atoms with van der Waals surface area (Å²) in [6, 6.07) is 1.89. The van der Waals surface area contributed by atoms with Gasteiger partial charge in [0.2, 0.25) is 0 Å². The third-order valence-electron chi connectivity index (χ3n) is 3.36. The van der Waals surface area contributed by atoms with Gasteiger partial charge in [-0.05, 0) is 43.9 Å². The summed E-state index contributed by atoms with van der Waals surface area (Å²) in [4.78, 5) is 18.2. The van der Waals surface area contributed by atoms with Crippen molar-refractivity contribution >= 4 is 5.91 Å². The lowest BCUT2D eigenvalue weighted by Crippen LogP contribution is -2.40. The van der Waals surface area contributed by atoms with E-state index in [1.807, 2.05) is 17.9 Å². The molecule has 0 unspecified atom stereocenters. The van der Waals surface area contributed by atoms with Crippen molar-refractivity contribution in [1.29, 1.82) is 0 Å². The van der Waals surface area contributed by atoms with Gasteiger partial charge in [-0.15, -0.1) is 0 Å². The molecule has 1 fully saturated rings. The molecule has 4 nitrogen and oxygen atoms in total. The Morgan fingerprint density at radius 2 is 2.18 bits per heavy atom. The topological polar surface area (TPSA) is 59.2 Å². The highest BCUT2D eigenvalue weighted by Gasteiger charge is 2.22. The van der Waals surface area contributed by atoms with E-state index < -0.39 is 0 Å². The number of likely N-dealkylation sites (tertiary alicyclic amines) is 1. The predicted molar refractivity (Wildman–Crippen MR) is 66.7 cm³/mol. The molecule has 4 heteroatoms. The van der Waals surface area contributed by atoms with Gasteiger partial charge in [0, 0.05) is 25.5 Å². The van der Waals surface area contributed by atoms with Gasteiger partial charge >= 0.3 is 0 Å². The molecule has 1 aromatic heterocycles. The van der Waals surface area contributed by atoms with Gasteiger partial charge in [0.05, 0.1) is 5.56 Å². The zero-order chi connectivity index (χ0) is 12.3. The Hall–Kier alpha value is -1.42. The fourth-order valence-electron chi connectivity index (χ4n) is 2.23. The fraction of sp³-hybridized carbons (Fsp3) is 0.538. The molecule has 2 heterocycles. The number of carbonyl (C=O) groups is 1. The molecular formula is C13H19N3O. The zero-order valence-corrected chi connectivity index (χ0v) is 10.2. The molecule has 1 aliphatic heterocycles. The molecule has 0 aromatic carbocycles. The van der Waals surface area contributed by atoms with Crippen LogP contribution in [0.3, 0.4) is 0 Å². The van der Waals surface area contributed by atoms with E-state index in [4.69, 9.17) is 5.73 Å². The molecule has 1 aliphatic rings. The zero-order valence-electron chi connectivity index (χ0n) is 10.2. The quantitative estimate of drug-likeness (QED) is 0.835. The summed E-state index contributed by atoms with van der Waals surface area (Å²) in [5.41, 5.74) is 7.35. The van der Waals surface area contributed by atoms with Crippen LogP contribution < -0.4 is 5.73 Å². The lowest BCUT2D eigenvalue weighted by Gasteiger charge is -2.31. The number of aromatic nitrogens is 1. The van der Waals surface area contributed by atoms with E-state index in [9.17, 15) is 4.79 Å². The first-order valence-corrected chi connectivity index (χ1v) is 6.11. The van der Waals surface area contributed by atoms with Crippen molar-refractivity contribution in [2.24, 2.45) is 11.7 Å². The van der Waals surface area contributed by atoms with E-state index in [1.54, 1.807) is 12.4 Å². The smallest absolute Gasteiger partial charge is 0.255 e. The monoisotopic (exact) mass is 233 g/mol. The summed E-state index contributed by atoms with van der Waals surface area (Å²) in [7, 11) is 0. The van der Waals surface area contributed by atoms with E-state index in [2.05, 4.69) is 4.98 Å². The lowest BCUT2D eigenvalue weighted by atomic mass is 9.97. The maximum absolute atomic E-state index is 12.2. The van der Waals surface area contributed by atoms with Crippen LogP contribution in [-0.4, -0.2) is 35.4 Å². The first-order valence-electron chi connectivity index (χ1n) is 6.11. The molecular weight excluding hydrogens is 214 g/mol. The van der Waals surface area contributed by atoms with Crippen LogP contribution in [0.4, 0.5) is 0 Å². The lowest BCUT2D eigenvalue weighted by molar-refractivity contribution is 0.0693. The fourth-order valence-corrected chi connectivity index (χ4v) is 2.23. The van der Waals surface area contributed by atoms with Crippen LogP contribution in [0, 0.1) is 12.8 Å². The highest BCUT2D eigenvalue weighted by Crippen LogP contribution is 2.17. The van der Waals surface area contributed by atoms with Crippen molar-refractivity contribution in [2.45, 2.75) is 19.8 Å². The Morgan fingerprint density at radius 3 is 2.76 bits per heavy atom. The number of pyridine rings is 1. The number of amides is 1. The molecule has 1 amide bonds. The van der Waals surface area contributed by atoms with Crippen LogP contribution in [0.15, 0.2) is 18.5 Å². The van der Waals surface area contributed by atoms with Gasteiger partial charge in [-0.3, -0.25) is 9.78 Å². The first-order chi connectivity index (χ1) is 8.20. The maximum Gasteiger partial charge on any atom is 0.255 e. The highest BCUT2D eigenvalue weighted by atomic mass is 16.2. The standard InChI is InChI=1S/C13H19N3O/c1-10-6-12(9-15-8-10)13(17)16-4-2-11(7-14)3-5-16/h6,8-9,11H,2-5,7,14H2,1H3. The summed E-state index contributed by atoms with van der Waals surface area (Å²) in [6.07, 6.45) is 5.44. The Kier molecular flexibility index (Phi) is 3.74. The van der Waals surface area contributed by atoms with E-state index in [1.165, 1.54) is 0 Å².